The molecular formula is C30H52O2. The summed E-state index contributed by atoms with van der Waals surface area (Å²) in [5, 5.41) is 21.9. The van der Waals surface area contributed by atoms with E-state index in [9.17, 15) is 10.2 Å². The standard InChI is InChI=1S/C30H52O2/c1-25(2)17-19(31)18-28(6)22(25)13-16-30(8)24(28)10-9-23-27(5)14-11-20(26(3,4)32)21(27)12-15-29(23,30)7/h19-24,31-32H,9-18H2,1-8H3/t19-,20-,21-,22-,23+,24+,27-,28-,29+,30+/m1/s1. The first-order chi connectivity index (χ1) is 14.6. The van der Waals surface area contributed by atoms with Crippen LogP contribution < -0.4 is 0 Å². The molecule has 32 heavy (non-hydrogen) atoms. The maximum atomic E-state index is 11.0. The van der Waals surface area contributed by atoms with Crippen LogP contribution in [0, 0.1) is 56.7 Å². The van der Waals surface area contributed by atoms with Gasteiger partial charge in [-0.1, -0.05) is 41.5 Å². The van der Waals surface area contributed by atoms with Gasteiger partial charge in [0.05, 0.1) is 11.7 Å². The van der Waals surface area contributed by atoms with E-state index in [4.69, 9.17) is 0 Å². The molecule has 5 fully saturated rings. The molecule has 184 valence electrons. The molecule has 5 rings (SSSR count). The Kier molecular flexibility index (Phi) is 5.01. The molecule has 2 heteroatoms. The number of aliphatic hydroxyl groups is 2. The quantitative estimate of drug-likeness (QED) is 0.448. The van der Waals surface area contributed by atoms with Crippen LogP contribution in [-0.4, -0.2) is 21.9 Å². The van der Waals surface area contributed by atoms with Gasteiger partial charge in [-0.15, -0.1) is 0 Å². The lowest BCUT2D eigenvalue weighted by Crippen LogP contribution is -2.66. The molecular weight excluding hydrogens is 392 g/mol. The van der Waals surface area contributed by atoms with Crippen LogP contribution in [0.1, 0.15) is 120 Å². The van der Waals surface area contributed by atoms with Crippen LogP contribution in [-0.2, 0) is 0 Å². The third-order valence-electron chi connectivity index (χ3n) is 13.5. The summed E-state index contributed by atoms with van der Waals surface area (Å²) in [6.45, 7) is 19.6. The minimum atomic E-state index is -0.549. The molecule has 0 aromatic carbocycles. The highest BCUT2D eigenvalue weighted by Crippen LogP contribution is 2.78. The lowest BCUT2D eigenvalue weighted by atomic mass is 9.32. The van der Waals surface area contributed by atoms with E-state index in [-0.39, 0.29) is 16.9 Å². The molecule has 2 nitrogen and oxygen atoms in total. The summed E-state index contributed by atoms with van der Waals surface area (Å²) in [6.07, 6.45) is 12.4. The summed E-state index contributed by atoms with van der Waals surface area (Å²) in [7, 11) is 0. The summed E-state index contributed by atoms with van der Waals surface area (Å²) in [6, 6.07) is 0. The van der Waals surface area contributed by atoms with Gasteiger partial charge in [0.2, 0.25) is 0 Å². The molecule has 0 spiro atoms. The first-order valence-electron chi connectivity index (χ1n) is 14.0. The zero-order valence-electron chi connectivity index (χ0n) is 22.4. The van der Waals surface area contributed by atoms with E-state index in [0.717, 1.165) is 30.6 Å². The van der Waals surface area contributed by atoms with Crippen LogP contribution in [0.15, 0.2) is 0 Å². The molecule has 0 aliphatic heterocycles. The number of aliphatic hydroxyl groups excluding tert-OH is 1. The fourth-order valence-electron chi connectivity index (χ4n) is 12.3. The molecule has 5 aliphatic rings. The SMILES string of the molecule is CC(C)(O)[C@@H]1CC[C@]2(C)[C@@H]1CC[C@@]1(C)[C@H]2CC[C@H]2[C@]3(C)C[C@H](O)CC(C)(C)[C@H]3CC[C@@]21C. The molecule has 10 atom stereocenters. The van der Waals surface area contributed by atoms with Gasteiger partial charge in [-0.05, 0) is 135 Å². The Morgan fingerprint density at radius 3 is 1.81 bits per heavy atom. The van der Waals surface area contributed by atoms with Crippen LogP contribution in [0.25, 0.3) is 0 Å². The van der Waals surface area contributed by atoms with E-state index in [1.807, 2.05) is 0 Å². The van der Waals surface area contributed by atoms with Gasteiger partial charge < -0.3 is 10.2 Å². The van der Waals surface area contributed by atoms with Crippen LogP contribution >= 0.6 is 0 Å². The fraction of sp³-hybridized carbons (Fsp3) is 1.00. The average Bonchev–Trinajstić information content (AvgIpc) is 2.98. The third kappa shape index (κ3) is 2.84. The van der Waals surface area contributed by atoms with Crippen molar-refractivity contribution in [2.45, 2.75) is 131 Å². The topological polar surface area (TPSA) is 40.5 Å². The normalized spacial score (nSPS) is 57.2. The van der Waals surface area contributed by atoms with Crippen molar-refractivity contribution in [1.29, 1.82) is 0 Å². The van der Waals surface area contributed by atoms with Crippen molar-refractivity contribution in [2.24, 2.45) is 56.7 Å². The van der Waals surface area contributed by atoms with Crippen molar-refractivity contribution in [3.63, 3.8) is 0 Å². The smallest absolute Gasteiger partial charge is 0.0622 e. The molecule has 0 amide bonds. The minimum absolute atomic E-state index is 0.130. The highest BCUT2D eigenvalue weighted by atomic mass is 16.3. The summed E-state index contributed by atoms with van der Waals surface area (Å²) in [4.78, 5) is 0. The molecule has 0 unspecified atom stereocenters. The summed E-state index contributed by atoms with van der Waals surface area (Å²) < 4.78 is 0. The zero-order valence-corrected chi connectivity index (χ0v) is 22.4. The number of hydrogen-bond acceptors (Lipinski definition) is 2. The van der Waals surface area contributed by atoms with Gasteiger partial charge in [-0.2, -0.15) is 0 Å². The average molecular weight is 445 g/mol. The molecule has 5 saturated carbocycles. The maximum Gasteiger partial charge on any atom is 0.0622 e. The lowest BCUT2D eigenvalue weighted by molar-refractivity contribution is -0.250. The Balaban J connectivity index is 1.52. The van der Waals surface area contributed by atoms with Gasteiger partial charge in [0.1, 0.15) is 0 Å². The van der Waals surface area contributed by atoms with Gasteiger partial charge in [0.25, 0.3) is 0 Å². The molecule has 0 heterocycles. The Labute approximate surface area is 198 Å². The maximum absolute atomic E-state index is 11.0. The fourth-order valence-corrected chi connectivity index (χ4v) is 12.3. The second-order valence-electron chi connectivity index (χ2n) is 15.6. The molecule has 0 radical (unpaired) electrons. The van der Waals surface area contributed by atoms with Gasteiger partial charge in [-0.3, -0.25) is 0 Å². The van der Waals surface area contributed by atoms with E-state index in [1.54, 1.807) is 0 Å². The van der Waals surface area contributed by atoms with E-state index in [1.165, 1.54) is 51.4 Å². The Morgan fingerprint density at radius 2 is 1.22 bits per heavy atom. The molecule has 0 aromatic rings. The second kappa shape index (κ2) is 6.77. The van der Waals surface area contributed by atoms with Crippen LogP contribution in [0.5, 0.6) is 0 Å². The minimum Gasteiger partial charge on any atom is -0.393 e. The Hall–Kier alpha value is -0.0800. The van der Waals surface area contributed by atoms with E-state index < -0.39 is 5.60 Å². The molecule has 0 bridgehead atoms. The lowest BCUT2D eigenvalue weighted by Gasteiger charge is -2.73. The van der Waals surface area contributed by atoms with Crippen molar-refractivity contribution in [2.75, 3.05) is 0 Å². The van der Waals surface area contributed by atoms with Crippen molar-refractivity contribution in [3.05, 3.63) is 0 Å². The first-order valence-corrected chi connectivity index (χ1v) is 14.0. The predicted molar refractivity (Wildman–Crippen MR) is 132 cm³/mol. The zero-order chi connectivity index (χ0) is 23.5. The van der Waals surface area contributed by atoms with E-state index in [0.29, 0.717) is 28.1 Å². The highest BCUT2D eigenvalue weighted by Gasteiger charge is 2.71. The highest BCUT2D eigenvalue weighted by molar-refractivity contribution is 5.19. The van der Waals surface area contributed by atoms with Gasteiger partial charge in [0, 0.05) is 0 Å². The second-order valence-corrected chi connectivity index (χ2v) is 15.6. The number of hydrogen-bond donors (Lipinski definition) is 2. The van der Waals surface area contributed by atoms with Crippen molar-refractivity contribution < 1.29 is 10.2 Å². The van der Waals surface area contributed by atoms with Gasteiger partial charge in [-0.25, -0.2) is 0 Å². The third-order valence-corrected chi connectivity index (χ3v) is 13.5. The van der Waals surface area contributed by atoms with Crippen molar-refractivity contribution in [3.8, 4) is 0 Å². The van der Waals surface area contributed by atoms with E-state index in [2.05, 4.69) is 55.4 Å². The van der Waals surface area contributed by atoms with Crippen molar-refractivity contribution in [1.82, 2.24) is 0 Å². The van der Waals surface area contributed by atoms with Crippen LogP contribution in [0.3, 0.4) is 0 Å². The largest absolute Gasteiger partial charge is 0.393 e. The number of rotatable bonds is 1. The van der Waals surface area contributed by atoms with Crippen LogP contribution in [0.2, 0.25) is 0 Å². The summed E-state index contributed by atoms with van der Waals surface area (Å²) in [5.41, 5.74) is 1.11. The van der Waals surface area contributed by atoms with Gasteiger partial charge in [0.15, 0.2) is 0 Å². The molecule has 5 aliphatic carbocycles. The van der Waals surface area contributed by atoms with Crippen molar-refractivity contribution >= 4 is 0 Å². The molecule has 0 saturated heterocycles. The monoisotopic (exact) mass is 444 g/mol. The first kappa shape index (κ1) is 23.7. The summed E-state index contributed by atoms with van der Waals surface area (Å²) in [5.74, 6) is 3.41. The number of fused-ring (bicyclic) bond motifs is 7. The van der Waals surface area contributed by atoms with Crippen LogP contribution in [0.4, 0.5) is 0 Å². The molecule has 2 N–H and O–H groups in total. The van der Waals surface area contributed by atoms with Gasteiger partial charge >= 0.3 is 0 Å². The molecule has 0 aromatic heterocycles. The predicted octanol–water partition coefficient (Wildman–Crippen LogP) is 7.22. The Bertz CT molecular complexity index is 765. The summed E-state index contributed by atoms with van der Waals surface area (Å²) >= 11 is 0. The van der Waals surface area contributed by atoms with E-state index >= 15 is 0 Å². The Morgan fingerprint density at radius 1 is 0.656 bits per heavy atom.